The van der Waals surface area contributed by atoms with E-state index >= 15 is 0 Å². The molecule has 1 aliphatic heterocycles. The van der Waals surface area contributed by atoms with Crippen LogP contribution in [0, 0.1) is 5.82 Å². The van der Waals surface area contributed by atoms with Gasteiger partial charge in [-0.15, -0.1) is 10.2 Å². The summed E-state index contributed by atoms with van der Waals surface area (Å²) in [4.78, 5) is 9.36. The van der Waals surface area contributed by atoms with Crippen LogP contribution in [-0.4, -0.2) is 52.8 Å². The molecule has 0 unspecified atom stereocenters. The smallest absolute Gasteiger partial charge is 0.205 e. The van der Waals surface area contributed by atoms with Gasteiger partial charge < -0.3 is 15.1 Å². The highest BCUT2D eigenvalue weighted by Gasteiger charge is 2.17. The number of benzene rings is 1. The number of pyridine rings is 1. The Labute approximate surface area is 174 Å². The molecule has 0 atom stereocenters. The lowest BCUT2D eigenvalue weighted by atomic mass is 10.2. The maximum Gasteiger partial charge on any atom is 0.205 e. The van der Waals surface area contributed by atoms with Crippen LogP contribution in [0.3, 0.4) is 0 Å². The standard InChI is InChI=1S/C21H25FN6S/c1-2-27-9-11-28(12-10-27)19-13-17(7-8-23-19)15-24-21-26-25-20(29-21)14-16-3-5-18(22)6-4-16/h3-8,13H,2,9-12,14-15H2,1H3,(H,24,26). The molecule has 0 radical (unpaired) electrons. The predicted octanol–water partition coefficient (Wildman–Crippen LogP) is 3.42. The SMILES string of the molecule is CCN1CCN(c2cc(CNc3nnc(Cc4ccc(F)cc4)s3)ccn2)CC1. The maximum absolute atomic E-state index is 13.0. The minimum Gasteiger partial charge on any atom is -0.356 e. The summed E-state index contributed by atoms with van der Waals surface area (Å²) in [7, 11) is 0. The van der Waals surface area contributed by atoms with E-state index in [-0.39, 0.29) is 5.82 Å². The highest BCUT2D eigenvalue weighted by atomic mass is 32.1. The van der Waals surface area contributed by atoms with Gasteiger partial charge in [-0.1, -0.05) is 30.4 Å². The Kier molecular flexibility index (Phi) is 6.31. The van der Waals surface area contributed by atoms with Crippen LogP contribution >= 0.6 is 11.3 Å². The zero-order valence-corrected chi connectivity index (χ0v) is 17.3. The van der Waals surface area contributed by atoms with Crippen molar-refractivity contribution in [3.8, 4) is 0 Å². The molecule has 0 aliphatic carbocycles. The Morgan fingerprint density at radius 3 is 2.59 bits per heavy atom. The van der Waals surface area contributed by atoms with Crippen molar-refractivity contribution in [2.75, 3.05) is 42.9 Å². The molecule has 29 heavy (non-hydrogen) atoms. The summed E-state index contributed by atoms with van der Waals surface area (Å²) in [6.07, 6.45) is 2.53. The van der Waals surface area contributed by atoms with E-state index in [0.717, 1.165) is 54.2 Å². The van der Waals surface area contributed by atoms with E-state index in [0.29, 0.717) is 13.0 Å². The number of nitrogens with zero attached hydrogens (tertiary/aromatic N) is 5. The Morgan fingerprint density at radius 2 is 1.83 bits per heavy atom. The summed E-state index contributed by atoms with van der Waals surface area (Å²) in [5.74, 6) is 0.812. The molecular formula is C21H25FN6S. The first kappa shape index (κ1) is 19.7. The molecule has 4 rings (SSSR count). The minimum absolute atomic E-state index is 0.225. The number of hydrogen-bond acceptors (Lipinski definition) is 7. The van der Waals surface area contributed by atoms with Gasteiger partial charge in [0.15, 0.2) is 0 Å². The second-order valence-corrected chi connectivity index (χ2v) is 8.16. The molecule has 8 heteroatoms. The Hall–Kier alpha value is -2.58. The van der Waals surface area contributed by atoms with E-state index in [9.17, 15) is 4.39 Å². The molecule has 0 amide bonds. The Morgan fingerprint density at radius 1 is 1.03 bits per heavy atom. The second-order valence-electron chi connectivity index (χ2n) is 7.10. The van der Waals surface area contributed by atoms with Crippen LogP contribution in [0.5, 0.6) is 0 Å². The summed E-state index contributed by atoms with van der Waals surface area (Å²) < 4.78 is 13.0. The van der Waals surface area contributed by atoms with Gasteiger partial charge in [-0.25, -0.2) is 9.37 Å². The monoisotopic (exact) mass is 412 g/mol. The van der Waals surface area contributed by atoms with Crippen LogP contribution in [0.25, 0.3) is 0 Å². The van der Waals surface area contributed by atoms with E-state index in [1.54, 1.807) is 12.1 Å². The molecule has 1 N–H and O–H groups in total. The highest BCUT2D eigenvalue weighted by molar-refractivity contribution is 7.15. The number of likely N-dealkylation sites (N-methyl/N-ethyl adjacent to an activating group) is 1. The first-order chi connectivity index (χ1) is 14.2. The number of piperazine rings is 1. The average molecular weight is 413 g/mol. The minimum atomic E-state index is -0.225. The molecule has 0 saturated carbocycles. The highest BCUT2D eigenvalue weighted by Crippen LogP contribution is 2.20. The van der Waals surface area contributed by atoms with Gasteiger partial charge in [-0.2, -0.15) is 0 Å². The third kappa shape index (κ3) is 5.27. The van der Waals surface area contributed by atoms with Crippen LogP contribution in [0.15, 0.2) is 42.6 Å². The lowest BCUT2D eigenvalue weighted by Gasteiger charge is -2.34. The molecule has 152 valence electrons. The first-order valence-electron chi connectivity index (χ1n) is 9.92. The summed E-state index contributed by atoms with van der Waals surface area (Å²) in [5.41, 5.74) is 2.19. The lowest BCUT2D eigenvalue weighted by Crippen LogP contribution is -2.46. The average Bonchev–Trinajstić information content (AvgIpc) is 3.21. The lowest BCUT2D eigenvalue weighted by molar-refractivity contribution is 0.270. The van der Waals surface area contributed by atoms with Crippen molar-refractivity contribution >= 4 is 22.3 Å². The van der Waals surface area contributed by atoms with Gasteiger partial charge in [0.05, 0.1) is 0 Å². The van der Waals surface area contributed by atoms with Crippen LogP contribution in [0.1, 0.15) is 23.1 Å². The van der Waals surface area contributed by atoms with E-state index in [2.05, 4.69) is 43.3 Å². The van der Waals surface area contributed by atoms with Crippen LogP contribution < -0.4 is 10.2 Å². The normalized spacial score (nSPS) is 14.9. The van der Waals surface area contributed by atoms with Crippen molar-refractivity contribution in [3.63, 3.8) is 0 Å². The molecule has 1 aromatic carbocycles. The number of rotatable bonds is 7. The van der Waals surface area contributed by atoms with E-state index in [1.807, 2.05) is 12.3 Å². The van der Waals surface area contributed by atoms with E-state index in [4.69, 9.17) is 0 Å². The van der Waals surface area contributed by atoms with Crippen molar-refractivity contribution in [2.45, 2.75) is 19.9 Å². The molecule has 3 heterocycles. The summed E-state index contributed by atoms with van der Waals surface area (Å²) >= 11 is 1.53. The quantitative estimate of drug-likeness (QED) is 0.642. The number of halogens is 1. The number of nitrogens with one attached hydrogen (secondary N) is 1. The van der Waals surface area contributed by atoms with E-state index in [1.165, 1.54) is 29.0 Å². The molecule has 0 bridgehead atoms. The van der Waals surface area contributed by atoms with Gasteiger partial charge in [0, 0.05) is 45.3 Å². The zero-order valence-electron chi connectivity index (χ0n) is 16.5. The molecule has 2 aromatic heterocycles. The molecule has 1 fully saturated rings. The van der Waals surface area contributed by atoms with Gasteiger partial charge >= 0.3 is 0 Å². The molecule has 6 nitrogen and oxygen atoms in total. The first-order valence-corrected chi connectivity index (χ1v) is 10.7. The fourth-order valence-electron chi connectivity index (χ4n) is 3.39. The van der Waals surface area contributed by atoms with Crippen molar-refractivity contribution in [2.24, 2.45) is 0 Å². The third-order valence-corrected chi connectivity index (χ3v) is 6.01. The van der Waals surface area contributed by atoms with Crippen molar-refractivity contribution < 1.29 is 4.39 Å². The molecule has 1 aliphatic rings. The Balaban J connectivity index is 1.32. The molecular weight excluding hydrogens is 387 g/mol. The zero-order chi connectivity index (χ0) is 20.1. The van der Waals surface area contributed by atoms with Crippen LogP contribution in [-0.2, 0) is 13.0 Å². The van der Waals surface area contributed by atoms with Gasteiger partial charge in [0.25, 0.3) is 0 Å². The summed E-state index contributed by atoms with van der Waals surface area (Å²) in [5, 5.41) is 13.5. The van der Waals surface area contributed by atoms with Crippen molar-refractivity contribution in [1.82, 2.24) is 20.1 Å². The second kappa shape index (κ2) is 9.28. The van der Waals surface area contributed by atoms with Crippen molar-refractivity contribution in [1.29, 1.82) is 0 Å². The van der Waals surface area contributed by atoms with Gasteiger partial charge in [-0.05, 0) is 41.9 Å². The van der Waals surface area contributed by atoms with Gasteiger partial charge in [-0.3, -0.25) is 0 Å². The Bertz CT molecular complexity index is 921. The van der Waals surface area contributed by atoms with Crippen LogP contribution in [0.2, 0.25) is 0 Å². The van der Waals surface area contributed by atoms with Crippen molar-refractivity contribution in [3.05, 3.63) is 64.5 Å². The van der Waals surface area contributed by atoms with Gasteiger partial charge in [0.2, 0.25) is 5.13 Å². The maximum atomic E-state index is 13.0. The largest absolute Gasteiger partial charge is 0.356 e. The number of hydrogen-bond donors (Lipinski definition) is 1. The van der Waals surface area contributed by atoms with Crippen LogP contribution in [0.4, 0.5) is 15.3 Å². The summed E-state index contributed by atoms with van der Waals surface area (Å²) in [6.45, 7) is 8.19. The fourth-order valence-corrected chi connectivity index (χ4v) is 4.16. The number of anilines is 2. The predicted molar refractivity (Wildman–Crippen MR) is 115 cm³/mol. The molecule has 1 saturated heterocycles. The van der Waals surface area contributed by atoms with E-state index < -0.39 is 0 Å². The molecule has 3 aromatic rings. The number of aromatic nitrogens is 3. The third-order valence-electron chi connectivity index (χ3n) is 5.13. The van der Waals surface area contributed by atoms with Gasteiger partial charge in [0.1, 0.15) is 16.6 Å². The fraction of sp³-hybridized carbons (Fsp3) is 0.381. The molecule has 0 spiro atoms. The summed E-state index contributed by atoms with van der Waals surface area (Å²) in [6, 6.07) is 10.7. The topological polar surface area (TPSA) is 57.2 Å².